The van der Waals surface area contributed by atoms with Crippen LogP contribution in [0.25, 0.3) is 11.3 Å². The highest BCUT2D eigenvalue weighted by atomic mass is 32.2. The highest BCUT2D eigenvalue weighted by Gasteiger charge is 2.29. The molecule has 11 nitrogen and oxygen atoms in total. The van der Waals surface area contributed by atoms with Crippen molar-refractivity contribution in [2.75, 3.05) is 69.9 Å². The minimum atomic E-state index is -3.66. The van der Waals surface area contributed by atoms with Crippen molar-refractivity contribution in [2.24, 2.45) is 0 Å². The zero-order valence-corrected chi connectivity index (χ0v) is 27.3. The number of amides is 1. The van der Waals surface area contributed by atoms with Gasteiger partial charge in [0.05, 0.1) is 30.7 Å². The van der Waals surface area contributed by atoms with Crippen molar-refractivity contribution >= 4 is 50.4 Å². The molecule has 1 aliphatic carbocycles. The van der Waals surface area contributed by atoms with Crippen LogP contribution in [0.2, 0.25) is 0 Å². The van der Waals surface area contributed by atoms with E-state index in [0.29, 0.717) is 23.4 Å². The molecule has 0 radical (unpaired) electrons. The molecule has 2 aliphatic rings. The van der Waals surface area contributed by atoms with E-state index in [0.717, 1.165) is 54.2 Å². The molecule has 0 aromatic heterocycles. The summed E-state index contributed by atoms with van der Waals surface area (Å²) in [6, 6.07) is 22.6. The highest BCUT2D eigenvalue weighted by Crippen LogP contribution is 2.37. The zero-order chi connectivity index (χ0) is 33.4. The van der Waals surface area contributed by atoms with Gasteiger partial charge in [0.2, 0.25) is 5.91 Å². The van der Waals surface area contributed by atoms with E-state index < -0.39 is 16.1 Å². The van der Waals surface area contributed by atoms with E-state index in [4.69, 9.17) is 9.29 Å². The van der Waals surface area contributed by atoms with Gasteiger partial charge in [-0.3, -0.25) is 19.0 Å². The van der Waals surface area contributed by atoms with Crippen LogP contribution in [0.4, 0.5) is 11.4 Å². The Morgan fingerprint density at radius 3 is 2.17 bits per heavy atom. The van der Waals surface area contributed by atoms with Gasteiger partial charge >= 0.3 is 5.97 Å². The van der Waals surface area contributed by atoms with Crippen LogP contribution in [-0.2, 0) is 30.9 Å². The smallest absolute Gasteiger partial charge is 0.337 e. The number of ether oxygens (including phenoxy) is 1. The second kappa shape index (κ2) is 15.3. The second-order valence-corrected chi connectivity index (χ2v) is 12.9. The SMILES string of the molecule is CCS(=O)(=O)O.COC(=O)c1ccc2c(c1)CC(=O)/C2=C(\Nc1ccc(N(C)C(=O)CN2CCN(C)CC2)cc1)c1ccccc1. The molecule has 3 aromatic rings. The molecule has 0 saturated carbocycles. The number of likely N-dealkylation sites (N-methyl/N-ethyl adjacent to an activating group) is 2. The number of nitrogens with one attached hydrogen (secondary N) is 1. The van der Waals surface area contributed by atoms with Gasteiger partial charge in [0, 0.05) is 56.6 Å². The first-order chi connectivity index (χ1) is 21.9. The van der Waals surface area contributed by atoms with Crippen LogP contribution in [0.1, 0.15) is 34.0 Å². The van der Waals surface area contributed by atoms with Gasteiger partial charge < -0.3 is 19.9 Å². The van der Waals surface area contributed by atoms with Crippen LogP contribution in [0.5, 0.6) is 0 Å². The first-order valence-corrected chi connectivity index (χ1v) is 16.5. The molecule has 1 fully saturated rings. The number of carbonyl (C=O) groups is 3. The monoisotopic (exact) mass is 648 g/mol. The molecule has 2 N–H and O–H groups in total. The number of hydrogen-bond acceptors (Lipinski definition) is 9. The van der Waals surface area contributed by atoms with Gasteiger partial charge in [-0.05, 0) is 67.1 Å². The van der Waals surface area contributed by atoms with Gasteiger partial charge in [0.1, 0.15) is 0 Å². The predicted octanol–water partition coefficient (Wildman–Crippen LogP) is 3.68. The summed E-state index contributed by atoms with van der Waals surface area (Å²) in [5, 5.41) is 3.47. The van der Waals surface area contributed by atoms with Crippen LogP contribution in [-0.4, -0.2) is 100 Å². The topological polar surface area (TPSA) is 137 Å². The summed E-state index contributed by atoms with van der Waals surface area (Å²) < 4.78 is 31.8. The van der Waals surface area contributed by atoms with Crippen molar-refractivity contribution in [3.8, 4) is 0 Å². The fraction of sp³-hybridized carbons (Fsp3) is 0.324. The maximum atomic E-state index is 13.3. The lowest BCUT2D eigenvalue weighted by atomic mass is 9.99. The van der Waals surface area contributed by atoms with Gasteiger partial charge in [0.15, 0.2) is 5.78 Å². The van der Waals surface area contributed by atoms with Crippen molar-refractivity contribution in [1.82, 2.24) is 9.80 Å². The molecule has 0 bridgehead atoms. The molecule has 0 spiro atoms. The highest BCUT2D eigenvalue weighted by molar-refractivity contribution is 7.85. The Bertz CT molecular complexity index is 1700. The summed E-state index contributed by atoms with van der Waals surface area (Å²) in [5.74, 6) is -0.597. The normalized spacial score (nSPS) is 16.2. The fourth-order valence-electron chi connectivity index (χ4n) is 5.16. The van der Waals surface area contributed by atoms with Gasteiger partial charge in [-0.1, -0.05) is 36.4 Å². The second-order valence-electron chi connectivity index (χ2n) is 11.2. The van der Waals surface area contributed by atoms with Crippen molar-refractivity contribution in [3.05, 3.63) is 95.1 Å². The molecular formula is C34H40N4O7S. The maximum Gasteiger partial charge on any atom is 0.337 e. The number of nitrogens with zero attached hydrogens (tertiary/aromatic N) is 3. The van der Waals surface area contributed by atoms with Crippen molar-refractivity contribution < 1.29 is 32.1 Å². The first kappa shape index (κ1) is 34.5. The number of Topliss-reactive ketones (excluding diaryl/α,β-unsaturated/α-hetero) is 1. The van der Waals surface area contributed by atoms with Gasteiger partial charge in [-0.15, -0.1) is 0 Å². The summed E-state index contributed by atoms with van der Waals surface area (Å²) in [6.45, 7) is 5.48. The molecule has 46 heavy (non-hydrogen) atoms. The number of fused-ring (bicyclic) bond motifs is 1. The summed E-state index contributed by atoms with van der Waals surface area (Å²) in [4.78, 5) is 44.4. The quantitative estimate of drug-likeness (QED) is 0.212. The Morgan fingerprint density at radius 1 is 0.957 bits per heavy atom. The number of hydrogen-bond donors (Lipinski definition) is 2. The molecule has 1 heterocycles. The number of piperazine rings is 1. The molecule has 3 aromatic carbocycles. The van der Waals surface area contributed by atoms with Crippen LogP contribution in [0.3, 0.4) is 0 Å². The fourth-order valence-corrected chi connectivity index (χ4v) is 5.16. The van der Waals surface area contributed by atoms with E-state index in [-0.39, 0.29) is 23.9 Å². The Balaban J connectivity index is 0.000000731. The third-order valence-electron chi connectivity index (χ3n) is 7.96. The zero-order valence-electron chi connectivity index (χ0n) is 26.5. The van der Waals surface area contributed by atoms with E-state index in [1.54, 1.807) is 24.1 Å². The van der Waals surface area contributed by atoms with Crippen molar-refractivity contribution in [3.63, 3.8) is 0 Å². The number of esters is 1. The molecule has 1 saturated heterocycles. The minimum absolute atomic E-state index is 0.0192. The number of carbonyl (C=O) groups excluding carboxylic acids is 3. The van der Waals surface area contributed by atoms with E-state index >= 15 is 0 Å². The third kappa shape index (κ3) is 8.88. The van der Waals surface area contributed by atoms with Crippen LogP contribution in [0, 0.1) is 0 Å². The average Bonchev–Trinajstić information content (AvgIpc) is 3.39. The van der Waals surface area contributed by atoms with E-state index in [9.17, 15) is 22.8 Å². The summed E-state index contributed by atoms with van der Waals surface area (Å²) in [7, 11) is 1.58. The van der Waals surface area contributed by atoms with Gasteiger partial charge in [0.25, 0.3) is 10.1 Å². The summed E-state index contributed by atoms with van der Waals surface area (Å²) >= 11 is 0. The molecule has 1 aliphatic heterocycles. The number of benzene rings is 3. The molecule has 12 heteroatoms. The largest absolute Gasteiger partial charge is 0.465 e. The molecule has 1 amide bonds. The van der Waals surface area contributed by atoms with Crippen LogP contribution >= 0.6 is 0 Å². The number of anilines is 2. The Morgan fingerprint density at radius 2 is 1.59 bits per heavy atom. The lowest BCUT2D eigenvalue weighted by molar-refractivity contribution is -0.119. The number of allylic oxidation sites excluding steroid dienone is 1. The Labute approximate surface area is 270 Å². The van der Waals surface area contributed by atoms with Crippen molar-refractivity contribution in [2.45, 2.75) is 13.3 Å². The molecule has 0 atom stereocenters. The van der Waals surface area contributed by atoms with E-state index in [1.165, 1.54) is 14.0 Å². The maximum absolute atomic E-state index is 13.3. The number of methoxy groups -OCH3 is 1. The lowest BCUT2D eigenvalue weighted by Gasteiger charge is -2.32. The van der Waals surface area contributed by atoms with E-state index in [2.05, 4.69) is 22.2 Å². The van der Waals surface area contributed by atoms with Gasteiger partial charge in [-0.2, -0.15) is 8.42 Å². The Kier molecular flexibility index (Phi) is 11.5. The summed E-state index contributed by atoms with van der Waals surface area (Å²) in [5.41, 5.74) is 5.77. The van der Waals surface area contributed by atoms with Crippen LogP contribution in [0.15, 0.2) is 72.8 Å². The molecule has 244 valence electrons. The van der Waals surface area contributed by atoms with Gasteiger partial charge in [-0.25, -0.2) is 4.79 Å². The van der Waals surface area contributed by atoms with Crippen LogP contribution < -0.4 is 10.2 Å². The average molecular weight is 649 g/mol. The van der Waals surface area contributed by atoms with Crippen molar-refractivity contribution in [1.29, 1.82) is 0 Å². The first-order valence-electron chi connectivity index (χ1n) is 14.9. The number of ketones is 1. The Hall–Kier alpha value is -4.36. The third-order valence-corrected chi connectivity index (χ3v) is 8.69. The standard InChI is InChI=1S/C32H34N4O4.C2H6O3S/c1-34-15-17-36(18-16-34)21-29(38)35(2)26-12-10-25(11-13-26)33-31(22-7-5-4-6-8-22)30-27-14-9-23(32(39)40-3)19-24(27)20-28(30)37;1-2-6(3,4)5/h4-14,19,33H,15-18,20-21H2,1-3H3;2H2,1H3,(H,3,4,5)/b31-30-;. The molecular weight excluding hydrogens is 608 g/mol. The summed E-state index contributed by atoms with van der Waals surface area (Å²) in [6.07, 6.45) is 0.215. The number of rotatable bonds is 8. The minimum Gasteiger partial charge on any atom is -0.465 e. The molecule has 5 rings (SSSR count). The molecule has 0 unspecified atom stereocenters. The lowest BCUT2D eigenvalue weighted by Crippen LogP contribution is -2.48. The van der Waals surface area contributed by atoms with E-state index in [1.807, 2.05) is 60.7 Å². The predicted molar refractivity (Wildman–Crippen MR) is 179 cm³/mol.